The molecular formula is C40H35GeN3Pt. The maximum Gasteiger partial charge on any atom is 2.00 e. The molecular weight excluding hydrogens is 790 g/mol. The first-order chi connectivity index (χ1) is 21.2. The van der Waals surface area contributed by atoms with Crippen molar-refractivity contribution >= 4 is 35.1 Å². The normalized spacial score (nSPS) is 11.9. The van der Waals surface area contributed by atoms with Gasteiger partial charge in [-0.3, -0.25) is 0 Å². The quantitative estimate of drug-likeness (QED) is 0.124. The number of aromatic nitrogens is 3. The van der Waals surface area contributed by atoms with E-state index in [9.17, 15) is 0 Å². The zero-order valence-corrected chi connectivity index (χ0v) is 30.6. The monoisotopic (exact) mass is 826 g/mol. The number of para-hydroxylation sites is 1. The third-order valence-electron chi connectivity index (χ3n) is 9.38. The maximum atomic E-state index is 4.82. The van der Waals surface area contributed by atoms with Crippen LogP contribution in [-0.4, -0.2) is 27.8 Å². The molecule has 3 heterocycles. The molecule has 7 rings (SSSR count). The van der Waals surface area contributed by atoms with Crippen LogP contribution in [0.5, 0.6) is 0 Å². The molecule has 0 saturated carbocycles. The molecule has 0 spiro atoms. The molecule has 3 nitrogen and oxygen atoms in total. The van der Waals surface area contributed by atoms with Gasteiger partial charge < -0.3 is 4.98 Å². The van der Waals surface area contributed by atoms with Crippen molar-refractivity contribution in [1.29, 1.82) is 0 Å². The molecule has 0 bridgehead atoms. The van der Waals surface area contributed by atoms with Gasteiger partial charge in [0.05, 0.1) is 0 Å². The number of hydrogen-bond acceptors (Lipinski definition) is 2. The molecule has 0 radical (unpaired) electrons. The van der Waals surface area contributed by atoms with E-state index in [0.717, 1.165) is 55.7 Å². The van der Waals surface area contributed by atoms with Gasteiger partial charge in [0.1, 0.15) is 0 Å². The van der Waals surface area contributed by atoms with Crippen LogP contribution in [0.2, 0.25) is 17.3 Å². The summed E-state index contributed by atoms with van der Waals surface area (Å²) in [5.41, 5.74) is 10.5. The molecule has 7 aromatic rings. The van der Waals surface area contributed by atoms with E-state index in [-0.39, 0.29) is 25.3 Å². The van der Waals surface area contributed by atoms with Gasteiger partial charge in [-0.2, -0.15) is 0 Å². The Labute approximate surface area is 283 Å². The predicted octanol–water partition coefficient (Wildman–Crippen LogP) is 10.3. The van der Waals surface area contributed by atoms with Crippen molar-refractivity contribution in [3.63, 3.8) is 0 Å². The number of rotatable bonds is 6. The summed E-state index contributed by atoms with van der Waals surface area (Å²) in [4.78, 5) is 9.63. The predicted molar refractivity (Wildman–Crippen MR) is 187 cm³/mol. The molecule has 0 fully saturated rings. The first-order valence-corrected chi connectivity index (χ1v) is 22.5. The Bertz CT molecular complexity index is 2120. The SMILES string of the molecule is C[C](C)(c1ccnc(-c2[c-]c3c(cc2)c2ccccc2n3-c2[c-]c(-c3ccc(-c4ccccc4)cn3)ccc2)c1)[Ge]([CH3])([CH3])[CH3].[Pt+2]. The van der Waals surface area contributed by atoms with E-state index in [1.54, 1.807) is 0 Å². The van der Waals surface area contributed by atoms with E-state index in [4.69, 9.17) is 9.97 Å². The Morgan fingerprint density at radius 3 is 2.16 bits per heavy atom. The first-order valence-electron chi connectivity index (χ1n) is 15.2. The zero-order chi connectivity index (χ0) is 30.5. The van der Waals surface area contributed by atoms with Crippen molar-refractivity contribution in [2.75, 3.05) is 0 Å². The van der Waals surface area contributed by atoms with E-state index in [2.05, 4.69) is 151 Å². The minimum atomic E-state index is -2.03. The topological polar surface area (TPSA) is 30.7 Å². The average Bonchev–Trinajstić information content (AvgIpc) is 3.38. The molecule has 0 N–H and O–H groups in total. The van der Waals surface area contributed by atoms with Crippen molar-refractivity contribution in [3.05, 3.63) is 139 Å². The number of pyridine rings is 2. The second kappa shape index (κ2) is 12.2. The van der Waals surface area contributed by atoms with Crippen molar-refractivity contribution in [3.8, 4) is 39.3 Å². The van der Waals surface area contributed by atoms with E-state index >= 15 is 0 Å². The van der Waals surface area contributed by atoms with Gasteiger partial charge in [0.2, 0.25) is 0 Å². The van der Waals surface area contributed by atoms with Crippen LogP contribution in [0.4, 0.5) is 0 Å². The van der Waals surface area contributed by atoms with Crippen LogP contribution in [-0.2, 0) is 25.3 Å². The molecule has 0 aliphatic heterocycles. The molecule has 0 unspecified atom stereocenters. The summed E-state index contributed by atoms with van der Waals surface area (Å²) in [6, 6.07) is 45.7. The van der Waals surface area contributed by atoms with Crippen LogP contribution in [0, 0.1) is 12.1 Å². The van der Waals surface area contributed by atoms with Crippen LogP contribution in [0.25, 0.3) is 61.1 Å². The van der Waals surface area contributed by atoms with Gasteiger partial charge in [-0.05, 0) is 11.1 Å². The van der Waals surface area contributed by atoms with Gasteiger partial charge in [-0.25, -0.2) is 0 Å². The summed E-state index contributed by atoms with van der Waals surface area (Å²) >= 11 is -2.03. The Morgan fingerprint density at radius 2 is 1.40 bits per heavy atom. The minimum Gasteiger partial charge on any atom is 2.00 e. The molecule has 4 aromatic carbocycles. The minimum absolute atomic E-state index is 0. The van der Waals surface area contributed by atoms with Crippen LogP contribution in [0.15, 0.2) is 122 Å². The number of fused-ring (bicyclic) bond motifs is 3. The van der Waals surface area contributed by atoms with E-state index < -0.39 is 13.3 Å². The molecule has 0 aliphatic carbocycles. The number of hydrogen-bond donors (Lipinski definition) is 0. The first kappa shape index (κ1) is 31.2. The van der Waals surface area contributed by atoms with Crippen molar-refractivity contribution in [1.82, 2.24) is 14.5 Å². The molecule has 3 aromatic heterocycles. The van der Waals surface area contributed by atoms with E-state index in [0.29, 0.717) is 0 Å². The van der Waals surface area contributed by atoms with Gasteiger partial charge in [0.25, 0.3) is 0 Å². The van der Waals surface area contributed by atoms with E-state index in [1.165, 1.54) is 10.9 Å². The van der Waals surface area contributed by atoms with Gasteiger partial charge >= 0.3 is 220 Å². The summed E-state index contributed by atoms with van der Waals surface area (Å²) in [6.45, 7) is 4.79. The summed E-state index contributed by atoms with van der Waals surface area (Å²) in [5.74, 6) is 7.44. The standard InChI is InChI=1S/C40H35GeN3.Pt/c1-40(2,41(3,4)5)32-22-23-42-37(26-32)30-18-20-35-34-16-9-10-17-38(34)44(39(35)25-30)33-15-11-14-29(24-33)36-21-19-31(27-43-36)28-12-7-6-8-13-28;/h6-23,26-27H,1-5H3;/q-2;+2. The average molecular weight is 825 g/mol. The van der Waals surface area contributed by atoms with Crippen LogP contribution in [0.3, 0.4) is 0 Å². The van der Waals surface area contributed by atoms with Crippen molar-refractivity contribution < 1.29 is 21.1 Å². The maximum absolute atomic E-state index is 4.82. The fourth-order valence-electron chi connectivity index (χ4n) is 5.78. The zero-order valence-electron chi connectivity index (χ0n) is 26.2. The molecule has 0 amide bonds. The van der Waals surface area contributed by atoms with Gasteiger partial charge in [-0.15, -0.1) is 0 Å². The van der Waals surface area contributed by atoms with Crippen LogP contribution in [0.1, 0.15) is 19.4 Å². The Hall–Kier alpha value is -3.79. The Balaban J connectivity index is 0.00000357. The van der Waals surface area contributed by atoms with Crippen molar-refractivity contribution in [2.45, 2.75) is 35.4 Å². The van der Waals surface area contributed by atoms with E-state index in [1.807, 2.05) is 18.5 Å². The van der Waals surface area contributed by atoms with Crippen LogP contribution < -0.4 is 0 Å². The third-order valence-corrected chi connectivity index (χ3v) is 17.9. The largest absolute Gasteiger partial charge is 2.00 e. The molecule has 0 atom stereocenters. The Kier molecular flexibility index (Phi) is 8.45. The van der Waals surface area contributed by atoms with Gasteiger partial charge in [-0.1, -0.05) is 42.5 Å². The second-order valence-electron chi connectivity index (χ2n) is 13.0. The smallest absolute Gasteiger partial charge is 2.00 e. The van der Waals surface area contributed by atoms with Gasteiger partial charge in [0, 0.05) is 6.20 Å². The molecule has 45 heavy (non-hydrogen) atoms. The number of benzene rings is 4. The summed E-state index contributed by atoms with van der Waals surface area (Å²) < 4.78 is 2.44. The molecule has 0 saturated heterocycles. The molecule has 224 valence electrons. The molecule has 5 heteroatoms. The van der Waals surface area contributed by atoms with Gasteiger partial charge in [0.15, 0.2) is 0 Å². The van der Waals surface area contributed by atoms with Crippen LogP contribution >= 0.6 is 0 Å². The molecule has 0 aliphatic rings. The fraction of sp³-hybridized carbons (Fsp3) is 0.150. The van der Waals surface area contributed by atoms with Crippen molar-refractivity contribution in [2.24, 2.45) is 0 Å². The summed E-state index contributed by atoms with van der Waals surface area (Å²) in [5, 5.41) is 2.35. The summed E-state index contributed by atoms with van der Waals surface area (Å²) in [7, 11) is 0. The second-order valence-corrected chi connectivity index (χ2v) is 25.1. The summed E-state index contributed by atoms with van der Waals surface area (Å²) in [6.07, 6.45) is 3.90. The third kappa shape index (κ3) is 5.73. The number of nitrogens with zero attached hydrogens (tertiary/aromatic N) is 3. The Morgan fingerprint density at radius 1 is 0.644 bits per heavy atom. The fourth-order valence-corrected chi connectivity index (χ4v) is 7.93.